The van der Waals surface area contributed by atoms with E-state index in [1.165, 1.54) is 6.42 Å². The van der Waals surface area contributed by atoms with Crippen LogP contribution in [0.1, 0.15) is 24.8 Å². The Hall–Kier alpha value is -2.60. The molecule has 1 N–H and O–H groups in total. The number of fused-ring (bicyclic) bond motifs is 3. The minimum absolute atomic E-state index is 0.00903. The lowest BCUT2D eigenvalue weighted by atomic mass is 10.1. The highest BCUT2D eigenvalue weighted by Crippen LogP contribution is 2.28. The van der Waals surface area contributed by atoms with Crippen LogP contribution in [-0.4, -0.2) is 59.5 Å². The number of hydrogen-bond donors (Lipinski definition) is 1. The topological polar surface area (TPSA) is 57.7 Å². The number of para-hydroxylation sites is 1. The van der Waals surface area contributed by atoms with E-state index < -0.39 is 0 Å². The number of carbonyl (C=O) groups excluding carboxylic acids is 1. The molecule has 4 rings (SSSR count). The number of benzene rings is 1. The molecule has 0 saturated carbocycles. The van der Waals surface area contributed by atoms with Crippen LogP contribution in [0, 0.1) is 0 Å². The van der Waals surface area contributed by atoms with Gasteiger partial charge in [0.05, 0.1) is 6.20 Å². The first kappa shape index (κ1) is 18.7. The molecule has 28 heavy (non-hydrogen) atoms. The highest BCUT2D eigenvalue weighted by molar-refractivity contribution is 5.78. The summed E-state index contributed by atoms with van der Waals surface area (Å²) in [6.45, 7) is 2.31. The number of aromatic nitrogens is 1. The van der Waals surface area contributed by atoms with E-state index in [0.717, 1.165) is 37.2 Å². The summed E-state index contributed by atoms with van der Waals surface area (Å²) in [5.41, 5.74) is 2.27. The Bertz CT molecular complexity index is 798. The fourth-order valence-corrected chi connectivity index (χ4v) is 4.25. The molecule has 2 aromatic rings. The van der Waals surface area contributed by atoms with Crippen molar-refractivity contribution in [2.75, 3.05) is 32.1 Å². The molecule has 3 heterocycles. The largest absolute Gasteiger partial charge is 0.482 e. The number of nitrogens with one attached hydrogen (secondary N) is 1. The van der Waals surface area contributed by atoms with Crippen LogP contribution in [0.5, 0.6) is 5.75 Å². The summed E-state index contributed by atoms with van der Waals surface area (Å²) >= 11 is 0. The fourth-order valence-electron chi connectivity index (χ4n) is 4.25. The van der Waals surface area contributed by atoms with Crippen LogP contribution in [0.15, 0.2) is 48.8 Å². The number of pyridine rings is 1. The molecule has 1 fully saturated rings. The number of ether oxygens (including phenoxy) is 1. The maximum absolute atomic E-state index is 13.1. The van der Waals surface area contributed by atoms with Crippen LogP contribution in [-0.2, 0) is 11.3 Å². The summed E-state index contributed by atoms with van der Waals surface area (Å²) in [5.74, 6) is 0.628. The van der Waals surface area contributed by atoms with Crippen molar-refractivity contribution in [3.63, 3.8) is 0 Å². The van der Waals surface area contributed by atoms with Crippen molar-refractivity contribution >= 4 is 11.6 Å². The van der Waals surface area contributed by atoms with E-state index in [4.69, 9.17) is 4.74 Å². The molecule has 148 valence electrons. The van der Waals surface area contributed by atoms with Crippen molar-refractivity contribution in [2.45, 2.75) is 37.9 Å². The van der Waals surface area contributed by atoms with Gasteiger partial charge in [-0.15, -0.1) is 0 Å². The Morgan fingerprint density at radius 2 is 2.04 bits per heavy atom. The van der Waals surface area contributed by atoms with Crippen molar-refractivity contribution in [1.29, 1.82) is 0 Å². The molecule has 2 bridgehead atoms. The third-order valence-corrected chi connectivity index (χ3v) is 5.94. The number of likely N-dealkylation sites (N-methyl/N-ethyl adjacent to an activating group) is 1. The van der Waals surface area contributed by atoms with Crippen molar-refractivity contribution in [2.24, 2.45) is 0 Å². The summed E-state index contributed by atoms with van der Waals surface area (Å²) in [7, 11) is 2.20. The zero-order chi connectivity index (χ0) is 19.3. The first-order valence-electron chi connectivity index (χ1n) is 10.0. The SMILES string of the molecule is CN1[C@@H]2CCNc3ccccc3CN(C(=O)COc3cccnc3)C[C@H]1CC2. The van der Waals surface area contributed by atoms with E-state index in [1.807, 2.05) is 29.2 Å². The van der Waals surface area contributed by atoms with Gasteiger partial charge >= 0.3 is 0 Å². The maximum atomic E-state index is 13.1. The van der Waals surface area contributed by atoms with Gasteiger partial charge in [0.2, 0.25) is 0 Å². The van der Waals surface area contributed by atoms with Gasteiger partial charge in [0.15, 0.2) is 6.61 Å². The fraction of sp³-hybridized carbons (Fsp3) is 0.455. The summed E-state index contributed by atoms with van der Waals surface area (Å²) < 4.78 is 5.68. The Morgan fingerprint density at radius 3 is 2.89 bits per heavy atom. The third kappa shape index (κ3) is 4.28. The van der Waals surface area contributed by atoms with Gasteiger partial charge in [-0.25, -0.2) is 0 Å². The van der Waals surface area contributed by atoms with Crippen LogP contribution < -0.4 is 10.1 Å². The van der Waals surface area contributed by atoms with Crippen molar-refractivity contribution in [1.82, 2.24) is 14.8 Å². The number of amides is 1. The highest BCUT2D eigenvalue weighted by Gasteiger charge is 2.33. The smallest absolute Gasteiger partial charge is 0.260 e. The van der Waals surface area contributed by atoms with Crippen molar-refractivity contribution in [3.05, 3.63) is 54.4 Å². The van der Waals surface area contributed by atoms with Gasteiger partial charge in [-0.1, -0.05) is 18.2 Å². The molecule has 0 spiro atoms. The van der Waals surface area contributed by atoms with Gasteiger partial charge < -0.3 is 15.0 Å². The molecule has 2 aliphatic rings. The van der Waals surface area contributed by atoms with Crippen LogP contribution in [0.3, 0.4) is 0 Å². The lowest BCUT2D eigenvalue weighted by Gasteiger charge is -2.31. The molecule has 1 amide bonds. The predicted octanol–water partition coefficient (Wildman–Crippen LogP) is 2.77. The quantitative estimate of drug-likeness (QED) is 0.887. The molecule has 6 nitrogen and oxygen atoms in total. The standard InChI is InChI=1S/C22H28N4O2/c1-25-18-8-9-19(25)15-26(22(27)16-28-20-6-4-11-23-13-20)14-17-5-2-3-7-21(17)24-12-10-18/h2-7,11,13,18-19,24H,8-10,12,14-16H2,1H3/t18-,19+/m0/s1. The van der Waals surface area contributed by atoms with E-state index >= 15 is 0 Å². The van der Waals surface area contributed by atoms with Gasteiger partial charge in [-0.05, 0) is 50.1 Å². The molecular weight excluding hydrogens is 352 g/mol. The normalized spacial score (nSPS) is 22.7. The Kier molecular flexibility index (Phi) is 5.76. The van der Waals surface area contributed by atoms with Crippen LogP contribution in [0.4, 0.5) is 5.69 Å². The molecule has 0 aliphatic carbocycles. The summed E-state index contributed by atoms with van der Waals surface area (Å²) in [6.07, 6.45) is 6.78. The number of anilines is 1. The summed E-state index contributed by atoms with van der Waals surface area (Å²) in [4.78, 5) is 21.5. The summed E-state index contributed by atoms with van der Waals surface area (Å²) in [6, 6.07) is 12.9. The third-order valence-electron chi connectivity index (χ3n) is 5.94. The Balaban J connectivity index is 1.53. The number of rotatable bonds is 3. The van der Waals surface area contributed by atoms with Crippen LogP contribution in [0.2, 0.25) is 0 Å². The second-order valence-electron chi connectivity index (χ2n) is 7.67. The first-order chi connectivity index (χ1) is 13.7. The number of carbonyl (C=O) groups is 1. The molecule has 2 atom stereocenters. The van der Waals surface area contributed by atoms with Gasteiger partial charge in [0.25, 0.3) is 5.91 Å². The van der Waals surface area contributed by atoms with E-state index in [2.05, 4.69) is 34.4 Å². The van der Waals surface area contributed by atoms with Gasteiger partial charge in [-0.3, -0.25) is 14.7 Å². The zero-order valence-corrected chi connectivity index (χ0v) is 16.4. The Labute approximate surface area is 166 Å². The average Bonchev–Trinajstić information content (AvgIpc) is 3.05. The summed E-state index contributed by atoms with van der Waals surface area (Å²) in [5, 5.41) is 3.58. The van der Waals surface area contributed by atoms with E-state index in [-0.39, 0.29) is 12.5 Å². The predicted molar refractivity (Wildman–Crippen MR) is 109 cm³/mol. The lowest BCUT2D eigenvalue weighted by Crippen LogP contribution is -2.44. The minimum Gasteiger partial charge on any atom is -0.482 e. The molecule has 1 aromatic heterocycles. The molecule has 0 radical (unpaired) electrons. The molecule has 1 saturated heterocycles. The Morgan fingerprint density at radius 1 is 1.18 bits per heavy atom. The minimum atomic E-state index is 0.00903. The molecule has 1 aromatic carbocycles. The van der Waals surface area contributed by atoms with E-state index in [0.29, 0.717) is 24.4 Å². The lowest BCUT2D eigenvalue weighted by molar-refractivity contribution is -0.134. The number of hydrogen-bond acceptors (Lipinski definition) is 5. The molecular formula is C22H28N4O2. The molecule has 2 aliphatic heterocycles. The second kappa shape index (κ2) is 8.61. The van der Waals surface area contributed by atoms with Crippen molar-refractivity contribution < 1.29 is 9.53 Å². The maximum Gasteiger partial charge on any atom is 0.260 e. The zero-order valence-electron chi connectivity index (χ0n) is 16.4. The van der Waals surface area contributed by atoms with Crippen LogP contribution in [0.25, 0.3) is 0 Å². The second-order valence-corrected chi connectivity index (χ2v) is 7.67. The van der Waals surface area contributed by atoms with Gasteiger partial charge in [-0.2, -0.15) is 0 Å². The first-order valence-corrected chi connectivity index (χ1v) is 10.0. The molecule has 0 unspecified atom stereocenters. The van der Waals surface area contributed by atoms with Crippen LogP contribution >= 0.6 is 0 Å². The monoisotopic (exact) mass is 380 g/mol. The number of nitrogens with zero attached hydrogens (tertiary/aromatic N) is 3. The highest BCUT2D eigenvalue weighted by atomic mass is 16.5. The van der Waals surface area contributed by atoms with E-state index in [9.17, 15) is 4.79 Å². The van der Waals surface area contributed by atoms with Gasteiger partial charge in [0.1, 0.15) is 5.75 Å². The van der Waals surface area contributed by atoms with Gasteiger partial charge in [0, 0.05) is 43.6 Å². The van der Waals surface area contributed by atoms with Crippen molar-refractivity contribution in [3.8, 4) is 5.75 Å². The van der Waals surface area contributed by atoms with E-state index in [1.54, 1.807) is 12.4 Å². The molecule has 6 heteroatoms. The average molecular weight is 380 g/mol.